The lowest BCUT2D eigenvalue weighted by Crippen LogP contribution is -2.41. The standard InChI is InChI=1S/C23H31N5O4S/c1-4-27(5-2)20(30)15-26(3)22(32)16-8-10-17(11-9-16)24-19(29)14-18-21(31)25-23(33-18)28-12-6-7-13-28/h8-11,18H,4-7,12-15H2,1-3H3,(H,24,29). The van der Waals surface area contributed by atoms with E-state index in [0.29, 0.717) is 24.3 Å². The van der Waals surface area contributed by atoms with Gasteiger partial charge in [-0.3, -0.25) is 19.2 Å². The van der Waals surface area contributed by atoms with Gasteiger partial charge >= 0.3 is 0 Å². The Labute approximate surface area is 198 Å². The van der Waals surface area contributed by atoms with E-state index in [2.05, 4.69) is 15.2 Å². The van der Waals surface area contributed by atoms with Crippen molar-refractivity contribution in [1.29, 1.82) is 0 Å². The summed E-state index contributed by atoms with van der Waals surface area (Å²) in [6, 6.07) is 6.50. The van der Waals surface area contributed by atoms with Crippen LogP contribution in [0, 0.1) is 0 Å². The Morgan fingerprint density at radius 3 is 2.36 bits per heavy atom. The molecule has 1 N–H and O–H groups in total. The van der Waals surface area contributed by atoms with Crippen LogP contribution in [0.1, 0.15) is 43.5 Å². The van der Waals surface area contributed by atoms with Crippen LogP contribution in [-0.2, 0) is 14.4 Å². The van der Waals surface area contributed by atoms with E-state index in [-0.39, 0.29) is 36.6 Å². The SMILES string of the molecule is CCN(CC)C(=O)CN(C)C(=O)c1ccc(NC(=O)CC2SC(N3CCCC3)=NC2=O)cc1. The molecular weight excluding hydrogens is 442 g/mol. The molecule has 2 aliphatic heterocycles. The molecule has 1 fully saturated rings. The summed E-state index contributed by atoms with van der Waals surface area (Å²) in [5.41, 5.74) is 0.961. The van der Waals surface area contributed by atoms with Crippen molar-refractivity contribution in [3.8, 4) is 0 Å². The molecule has 2 aliphatic rings. The molecule has 2 heterocycles. The first-order valence-electron chi connectivity index (χ1n) is 11.3. The van der Waals surface area contributed by atoms with Crippen LogP contribution in [0.4, 0.5) is 5.69 Å². The predicted octanol–water partition coefficient (Wildman–Crippen LogP) is 2.05. The van der Waals surface area contributed by atoms with Crippen molar-refractivity contribution >= 4 is 46.2 Å². The van der Waals surface area contributed by atoms with Gasteiger partial charge in [0.25, 0.3) is 11.8 Å². The molecular formula is C23H31N5O4S. The molecule has 3 rings (SSSR count). The highest BCUT2D eigenvalue weighted by molar-refractivity contribution is 8.15. The topological polar surface area (TPSA) is 102 Å². The fourth-order valence-electron chi connectivity index (χ4n) is 3.80. The molecule has 9 nitrogen and oxygen atoms in total. The van der Waals surface area contributed by atoms with Gasteiger partial charge in [-0.15, -0.1) is 0 Å². The highest BCUT2D eigenvalue weighted by atomic mass is 32.2. The summed E-state index contributed by atoms with van der Waals surface area (Å²) in [4.78, 5) is 58.8. The molecule has 0 bridgehead atoms. The maximum absolute atomic E-state index is 12.6. The van der Waals surface area contributed by atoms with Crippen LogP contribution < -0.4 is 5.32 Å². The third kappa shape index (κ3) is 6.34. The Morgan fingerprint density at radius 1 is 1.12 bits per heavy atom. The summed E-state index contributed by atoms with van der Waals surface area (Å²) in [6.07, 6.45) is 2.24. The summed E-state index contributed by atoms with van der Waals surface area (Å²) in [6.45, 7) is 6.82. The number of likely N-dealkylation sites (N-methyl/N-ethyl adjacent to an activating group) is 2. The Hall–Kier alpha value is -2.88. The van der Waals surface area contributed by atoms with E-state index in [1.165, 1.54) is 16.7 Å². The molecule has 1 atom stereocenters. The number of hydrogen-bond donors (Lipinski definition) is 1. The van der Waals surface area contributed by atoms with Crippen molar-refractivity contribution in [2.45, 2.75) is 38.4 Å². The Morgan fingerprint density at radius 2 is 1.76 bits per heavy atom. The lowest BCUT2D eigenvalue weighted by atomic mass is 10.1. The number of thioether (sulfide) groups is 1. The molecule has 10 heteroatoms. The lowest BCUT2D eigenvalue weighted by molar-refractivity contribution is -0.131. The first kappa shape index (κ1) is 24.8. The van der Waals surface area contributed by atoms with Gasteiger partial charge in [0.15, 0.2) is 5.17 Å². The monoisotopic (exact) mass is 473 g/mol. The first-order chi connectivity index (χ1) is 15.8. The summed E-state index contributed by atoms with van der Waals surface area (Å²) in [5.74, 6) is -0.913. The summed E-state index contributed by atoms with van der Waals surface area (Å²) in [7, 11) is 1.59. The lowest BCUT2D eigenvalue weighted by Gasteiger charge is -2.23. The Kier molecular flexibility index (Phi) is 8.49. The number of hydrogen-bond acceptors (Lipinski definition) is 6. The van der Waals surface area contributed by atoms with Crippen LogP contribution in [0.5, 0.6) is 0 Å². The number of nitrogens with one attached hydrogen (secondary N) is 1. The first-order valence-corrected chi connectivity index (χ1v) is 12.2. The van der Waals surface area contributed by atoms with Crippen LogP contribution in [0.25, 0.3) is 0 Å². The molecule has 0 radical (unpaired) electrons. The van der Waals surface area contributed by atoms with E-state index < -0.39 is 5.25 Å². The van der Waals surface area contributed by atoms with E-state index in [1.807, 2.05) is 13.8 Å². The van der Waals surface area contributed by atoms with Gasteiger partial charge in [-0.25, -0.2) is 0 Å². The van der Waals surface area contributed by atoms with Gasteiger partial charge < -0.3 is 20.0 Å². The fraction of sp³-hybridized carbons (Fsp3) is 0.522. The third-order valence-corrected chi connectivity index (χ3v) is 6.94. The number of carbonyl (C=O) groups excluding carboxylic acids is 4. The van der Waals surface area contributed by atoms with Crippen molar-refractivity contribution in [3.63, 3.8) is 0 Å². The molecule has 0 saturated carbocycles. The number of nitrogens with zero attached hydrogens (tertiary/aromatic N) is 4. The van der Waals surface area contributed by atoms with Crippen LogP contribution in [0.15, 0.2) is 29.3 Å². The molecule has 0 aromatic heterocycles. The number of amidine groups is 1. The van der Waals surface area contributed by atoms with E-state index in [1.54, 1.807) is 36.2 Å². The van der Waals surface area contributed by atoms with E-state index >= 15 is 0 Å². The molecule has 1 aromatic rings. The van der Waals surface area contributed by atoms with Crippen molar-refractivity contribution < 1.29 is 19.2 Å². The number of benzene rings is 1. The van der Waals surface area contributed by atoms with Gasteiger partial charge in [-0.05, 0) is 51.0 Å². The average molecular weight is 474 g/mol. The number of likely N-dealkylation sites (tertiary alicyclic amines) is 1. The molecule has 1 saturated heterocycles. The second kappa shape index (κ2) is 11.3. The fourth-order valence-corrected chi connectivity index (χ4v) is 4.92. The minimum atomic E-state index is -0.501. The zero-order valence-electron chi connectivity index (χ0n) is 19.4. The smallest absolute Gasteiger partial charge is 0.262 e. The molecule has 1 unspecified atom stereocenters. The average Bonchev–Trinajstić information content (AvgIpc) is 3.45. The van der Waals surface area contributed by atoms with Crippen molar-refractivity contribution in [2.24, 2.45) is 4.99 Å². The number of aliphatic imine (C=N–C) groups is 1. The highest BCUT2D eigenvalue weighted by Crippen LogP contribution is 2.29. The molecule has 4 amide bonds. The number of carbonyl (C=O) groups is 4. The molecule has 0 aliphatic carbocycles. The van der Waals surface area contributed by atoms with Gasteiger partial charge in [0.05, 0.1) is 6.54 Å². The number of anilines is 1. The van der Waals surface area contributed by atoms with Crippen LogP contribution in [0.2, 0.25) is 0 Å². The predicted molar refractivity (Wildman–Crippen MR) is 129 cm³/mol. The second-order valence-corrected chi connectivity index (χ2v) is 9.26. The van der Waals surface area contributed by atoms with Gasteiger partial charge in [0, 0.05) is 50.9 Å². The second-order valence-electron chi connectivity index (χ2n) is 8.09. The zero-order chi connectivity index (χ0) is 24.0. The van der Waals surface area contributed by atoms with E-state index in [0.717, 1.165) is 31.1 Å². The van der Waals surface area contributed by atoms with Crippen LogP contribution in [0.3, 0.4) is 0 Å². The largest absolute Gasteiger partial charge is 0.351 e. The quantitative estimate of drug-likeness (QED) is 0.620. The van der Waals surface area contributed by atoms with E-state index in [9.17, 15) is 19.2 Å². The van der Waals surface area contributed by atoms with Crippen molar-refractivity contribution in [2.75, 3.05) is 45.1 Å². The Bertz CT molecular complexity index is 923. The summed E-state index contributed by atoms with van der Waals surface area (Å²) >= 11 is 1.36. The maximum Gasteiger partial charge on any atom is 0.262 e. The molecule has 1 aromatic carbocycles. The van der Waals surface area contributed by atoms with Crippen molar-refractivity contribution in [3.05, 3.63) is 29.8 Å². The maximum atomic E-state index is 12.6. The summed E-state index contributed by atoms with van der Waals surface area (Å²) < 4.78 is 0. The molecule has 0 spiro atoms. The zero-order valence-corrected chi connectivity index (χ0v) is 20.2. The number of amides is 4. The van der Waals surface area contributed by atoms with Gasteiger partial charge in [0.2, 0.25) is 11.8 Å². The molecule has 33 heavy (non-hydrogen) atoms. The van der Waals surface area contributed by atoms with Gasteiger partial charge in [-0.2, -0.15) is 4.99 Å². The number of rotatable bonds is 8. The summed E-state index contributed by atoms with van der Waals surface area (Å²) in [5, 5.41) is 3.00. The van der Waals surface area contributed by atoms with Crippen LogP contribution >= 0.6 is 11.8 Å². The minimum absolute atomic E-state index is 0.00751. The van der Waals surface area contributed by atoms with E-state index in [4.69, 9.17) is 0 Å². The van der Waals surface area contributed by atoms with Gasteiger partial charge in [-0.1, -0.05) is 11.8 Å². The van der Waals surface area contributed by atoms with Crippen molar-refractivity contribution in [1.82, 2.24) is 14.7 Å². The third-order valence-electron chi connectivity index (χ3n) is 5.73. The highest BCUT2D eigenvalue weighted by Gasteiger charge is 2.33. The normalized spacial score (nSPS) is 17.7. The Balaban J connectivity index is 1.49. The van der Waals surface area contributed by atoms with Crippen LogP contribution in [-0.4, -0.2) is 88.5 Å². The minimum Gasteiger partial charge on any atom is -0.351 e. The van der Waals surface area contributed by atoms with Gasteiger partial charge in [0.1, 0.15) is 5.25 Å². The molecule has 178 valence electrons.